The molecule has 5 nitrogen and oxygen atoms in total. The van der Waals surface area contributed by atoms with Crippen molar-refractivity contribution in [1.29, 1.82) is 0 Å². The second-order valence-corrected chi connectivity index (χ2v) is 7.08. The highest BCUT2D eigenvalue weighted by Gasteiger charge is 2.41. The molecular formula is C16H24N4O. The van der Waals surface area contributed by atoms with Gasteiger partial charge in [0.25, 0.3) is 0 Å². The van der Waals surface area contributed by atoms with Gasteiger partial charge in [-0.2, -0.15) is 0 Å². The fourth-order valence-corrected chi connectivity index (χ4v) is 3.79. The van der Waals surface area contributed by atoms with Crippen molar-refractivity contribution in [3.05, 3.63) is 12.4 Å². The van der Waals surface area contributed by atoms with Gasteiger partial charge in [0, 0.05) is 25.2 Å². The minimum absolute atomic E-state index is 0.0712. The number of aliphatic hydroxyl groups is 1. The highest BCUT2D eigenvalue weighted by molar-refractivity contribution is 5.50. The summed E-state index contributed by atoms with van der Waals surface area (Å²) in [6.45, 7) is 2.16. The van der Waals surface area contributed by atoms with Gasteiger partial charge < -0.3 is 15.3 Å². The van der Waals surface area contributed by atoms with Gasteiger partial charge in [-0.05, 0) is 50.4 Å². The molecule has 3 aliphatic rings. The molecule has 2 N–H and O–H groups in total. The Balaban J connectivity index is 1.45. The molecule has 0 aromatic carbocycles. The van der Waals surface area contributed by atoms with Crippen molar-refractivity contribution in [1.82, 2.24) is 9.97 Å². The lowest BCUT2D eigenvalue weighted by molar-refractivity contribution is 0.0729. The molecule has 0 bridgehead atoms. The van der Waals surface area contributed by atoms with Crippen LogP contribution in [0, 0.1) is 5.41 Å². The van der Waals surface area contributed by atoms with Crippen LogP contribution in [0.5, 0.6) is 0 Å². The third-order valence-corrected chi connectivity index (χ3v) is 5.36. The van der Waals surface area contributed by atoms with Crippen LogP contribution < -0.4 is 10.2 Å². The number of nitrogens with one attached hydrogen (secondary N) is 1. The number of hydrogen-bond acceptors (Lipinski definition) is 5. The van der Waals surface area contributed by atoms with Crippen LogP contribution in [0.25, 0.3) is 0 Å². The number of anilines is 2. The minimum Gasteiger partial charge on any atom is -0.393 e. The van der Waals surface area contributed by atoms with Gasteiger partial charge in [0.15, 0.2) is 0 Å². The van der Waals surface area contributed by atoms with Gasteiger partial charge in [-0.25, -0.2) is 9.97 Å². The van der Waals surface area contributed by atoms with Gasteiger partial charge in [-0.15, -0.1) is 0 Å². The fourth-order valence-electron chi connectivity index (χ4n) is 3.79. The summed E-state index contributed by atoms with van der Waals surface area (Å²) >= 11 is 0. The molecule has 2 aliphatic carbocycles. The molecule has 2 saturated carbocycles. The van der Waals surface area contributed by atoms with Crippen LogP contribution in [-0.2, 0) is 0 Å². The van der Waals surface area contributed by atoms with Crippen molar-refractivity contribution < 1.29 is 5.11 Å². The predicted molar refractivity (Wildman–Crippen MR) is 82.4 cm³/mol. The van der Waals surface area contributed by atoms with E-state index in [1.54, 1.807) is 6.33 Å². The zero-order valence-electron chi connectivity index (χ0n) is 12.5. The molecule has 0 amide bonds. The number of aliphatic hydroxyl groups excluding tert-OH is 1. The largest absolute Gasteiger partial charge is 0.393 e. The summed E-state index contributed by atoms with van der Waals surface area (Å²) in [6, 6.07) is 2.71. The van der Waals surface area contributed by atoms with Gasteiger partial charge in [0.05, 0.1) is 6.10 Å². The van der Waals surface area contributed by atoms with E-state index in [2.05, 4.69) is 26.3 Å². The molecule has 5 heteroatoms. The van der Waals surface area contributed by atoms with Gasteiger partial charge in [0.1, 0.15) is 18.0 Å². The van der Waals surface area contributed by atoms with E-state index in [0.29, 0.717) is 11.5 Å². The fraction of sp³-hybridized carbons (Fsp3) is 0.750. The van der Waals surface area contributed by atoms with Crippen molar-refractivity contribution >= 4 is 11.6 Å². The lowest BCUT2D eigenvalue weighted by Gasteiger charge is -2.35. The first-order chi connectivity index (χ1) is 10.2. The molecule has 114 valence electrons. The quantitative estimate of drug-likeness (QED) is 0.892. The molecule has 0 unspecified atom stereocenters. The summed E-state index contributed by atoms with van der Waals surface area (Å²) in [6.07, 6.45) is 9.59. The van der Waals surface area contributed by atoms with E-state index in [-0.39, 0.29) is 6.10 Å². The summed E-state index contributed by atoms with van der Waals surface area (Å²) in [7, 11) is 0. The van der Waals surface area contributed by atoms with E-state index in [1.165, 1.54) is 19.3 Å². The van der Waals surface area contributed by atoms with Gasteiger partial charge >= 0.3 is 0 Å². The molecule has 0 radical (unpaired) electrons. The van der Waals surface area contributed by atoms with Crippen LogP contribution in [-0.4, -0.2) is 40.3 Å². The Kier molecular flexibility index (Phi) is 3.25. The SMILES string of the molecule is OC1CCC2(CC1)CCN(c1cc(NC3CC3)ncn1)C2. The Hall–Kier alpha value is -1.36. The maximum absolute atomic E-state index is 9.72. The molecule has 1 aromatic heterocycles. The highest BCUT2D eigenvalue weighted by atomic mass is 16.3. The Morgan fingerprint density at radius 2 is 1.95 bits per heavy atom. The van der Waals surface area contributed by atoms with Crippen LogP contribution in [0.1, 0.15) is 44.9 Å². The highest BCUT2D eigenvalue weighted by Crippen LogP contribution is 2.44. The maximum Gasteiger partial charge on any atom is 0.134 e. The molecule has 1 aromatic rings. The number of rotatable bonds is 3. The first kappa shape index (κ1) is 13.3. The number of aromatic nitrogens is 2. The van der Waals surface area contributed by atoms with Crippen molar-refractivity contribution in [2.24, 2.45) is 5.41 Å². The standard InChI is InChI=1S/C16H24N4O/c21-13-3-5-16(6-4-13)7-8-20(10-16)15-9-14(17-11-18-15)19-12-1-2-12/h9,11-13,21H,1-8,10H2,(H,17,18,19). The second-order valence-electron chi connectivity index (χ2n) is 7.08. The van der Waals surface area contributed by atoms with Crippen LogP contribution in [0.4, 0.5) is 11.6 Å². The summed E-state index contributed by atoms with van der Waals surface area (Å²) in [5.41, 5.74) is 0.411. The topological polar surface area (TPSA) is 61.3 Å². The van der Waals surface area contributed by atoms with E-state index >= 15 is 0 Å². The summed E-state index contributed by atoms with van der Waals surface area (Å²) < 4.78 is 0. The van der Waals surface area contributed by atoms with Gasteiger partial charge in [-0.1, -0.05) is 0 Å². The van der Waals surface area contributed by atoms with Gasteiger partial charge in [-0.3, -0.25) is 0 Å². The van der Waals surface area contributed by atoms with Crippen molar-refractivity contribution in [2.45, 2.75) is 57.1 Å². The zero-order valence-corrected chi connectivity index (χ0v) is 12.5. The summed E-state index contributed by atoms with van der Waals surface area (Å²) in [5.74, 6) is 2.01. The summed E-state index contributed by atoms with van der Waals surface area (Å²) in [5, 5.41) is 13.2. The number of nitrogens with zero attached hydrogens (tertiary/aromatic N) is 3. The van der Waals surface area contributed by atoms with Crippen LogP contribution in [0.2, 0.25) is 0 Å². The molecule has 21 heavy (non-hydrogen) atoms. The molecule has 1 saturated heterocycles. The zero-order chi connectivity index (χ0) is 14.3. The van der Waals surface area contributed by atoms with E-state index in [4.69, 9.17) is 0 Å². The first-order valence-corrected chi connectivity index (χ1v) is 8.24. The minimum atomic E-state index is -0.0712. The molecule has 0 atom stereocenters. The molecule has 3 fully saturated rings. The molecule has 1 aliphatic heterocycles. The Morgan fingerprint density at radius 1 is 1.14 bits per heavy atom. The van der Waals surface area contributed by atoms with E-state index in [9.17, 15) is 5.11 Å². The maximum atomic E-state index is 9.72. The lowest BCUT2D eigenvalue weighted by Crippen LogP contribution is -2.33. The van der Waals surface area contributed by atoms with E-state index in [0.717, 1.165) is 50.4 Å². The number of hydrogen-bond donors (Lipinski definition) is 2. The average molecular weight is 288 g/mol. The smallest absolute Gasteiger partial charge is 0.134 e. The monoisotopic (exact) mass is 288 g/mol. The van der Waals surface area contributed by atoms with Crippen molar-refractivity contribution in [3.8, 4) is 0 Å². The average Bonchev–Trinajstić information content (AvgIpc) is 3.22. The third-order valence-electron chi connectivity index (χ3n) is 5.36. The third kappa shape index (κ3) is 2.84. The second kappa shape index (κ2) is 5.13. The van der Waals surface area contributed by atoms with Crippen LogP contribution >= 0.6 is 0 Å². The Bertz CT molecular complexity index is 509. The molecule has 2 heterocycles. The molecule has 4 rings (SSSR count). The van der Waals surface area contributed by atoms with Gasteiger partial charge in [0.2, 0.25) is 0 Å². The normalized spacial score (nSPS) is 32.6. The predicted octanol–water partition coefficient (Wildman–Crippen LogP) is 2.18. The molecular weight excluding hydrogens is 264 g/mol. The summed E-state index contributed by atoms with van der Waals surface area (Å²) in [4.78, 5) is 11.2. The first-order valence-electron chi connectivity index (χ1n) is 8.24. The molecule has 1 spiro atoms. The Labute approximate surface area is 125 Å². The van der Waals surface area contributed by atoms with E-state index in [1.807, 2.05) is 0 Å². The van der Waals surface area contributed by atoms with Crippen LogP contribution in [0.15, 0.2) is 12.4 Å². The van der Waals surface area contributed by atoms with E-state index < -0.39 is 0 Å². The van der Waals surface area contributed by atoms with Crippen molar-refractivity contribution in [2.75, 3.05) is 23.3 Å². The van der Waals surface area contributed by atoms with Crippen molar-refractivity contribution in [3.63, 3.8) is 0 Å². The van der Waals surface area contributed by atoms with Crippen LogP contribution in [0.3, 0.4) is 0 Å². The Morgan fingerprint density at radius 3 is 2.71 bits per heavy atom. The lowest BCUT2D eigenvalue weighted by atomic mass is 9.73.